The number of halogens is 1. The fraction of sp³-hybridized carbons (Fsp3) is 0.222. The van der Waals surface area contributed by atoms with E-state index in [2.05, 4.69) is 4.85 Å². The maximum Gasteiger partial charge on any atom is 0.345 e. The predicted octanol–water partition coefficient (Wildman–Crippen LogP) is 2.30. The summed E-state index contributed by atoms with van der Waals surface area (Å²) in [4.78, 5) is 3.08. The topological polar surface area (TPSA) is 38.5 Å². The summed E-state index contributed by atoms with van der Waals surface area (Å²) >= 11 is 5.65. The molecule has 0 N–H and O–H groups in total. The Bertz CT molecular complexity index is 459. The van der Waals surface area contributed by atoms with Gasteiger partial charge in [0.15, 0.2) is 0 Å². The van der Waals surface area contributed by atoms with Crippen molar-refractivity contribution >= 4 is 21.4 Å². The first-order chi connectivity index (χ1) is 6.45. The van der Waals surface area contributed by atoms with Gasteiger partial charge >= 0.3 is 5.37 Å². The molecule has 1 atom stereocenters. The van der Waals surface area contributed by atoms with Crippen LogP contribution in [0.25, 0.3) is 4.85 Å². The fourth-order valence-electron chi connectivity index (χ4n) is 1.04. The van der Waals surface area contributed by atoms with E-state index in [1.165, 1.54) is 0 Å². The zero-order chi connectivity index (χ0) is 10.8. The van der Waals surface area contributed by atoms with E-state index in [1.807, 2.05) is 0 Å². The molecule has 0 aliphatic carbocycles. The molecule has 0 bridgehead atoms. The predicted molar refractivity (Wildman–Crippen MR) is 55.6 cm³/mol. The van der Waals surface area contributed by atoms with Crippen LogP contribution in [0.1, 0.15) is 10.9 Å². The smallest absolute Gasteiger partial charge is 0.291 e. The van der Waals surface area contributed by atoms with Crippen molar-refractivity contribution in [1.82, 2.24) is 0 Å². The third kappa shape index (κ3) is 2.47. The second kappa shape index (κ2) is 3.99. The molecule has 1 unspecified atom stereocenters. The summed E-state index contributed by atoms with van der Waals surface area (Å²) < 4.78 is 22.4. The average Bonchev–Trinajstić information content (AvgIpc) is 2.07. The minimum atomic E-state index is -3.38. The second-order valence-corrected chi connectivity index (χ2v) is 5.40. The molecule has 0 aromatic heterocycles. The first kappa shape index (κ1) is 11.0. The number of rotatable bonds is 2. The minimum absolute atomic E-state index is 0.451. The molecule has 0 radical (unpaired) electrons. The van der Waals surface area contributed by atoms with Crippen LogP contribution in [-0.2, 0) is 9.84 Å². The van der Waals surface area contributed by atoms with Crippen LogP contribution in [0.3, 0.4) is 0 Å². The summed E-state index contributed by atoms with van der Waals surface area (Å²) in [5.41, 5.74) is 0.451. The average molecular weight is 230 g/mol. The number of benzene rings is 1. The number of hydrogen-bond acceptors (Lipinski definition) is 2. The highest BCUT2D eigenvalue weighted by Gasteiger charge is 2.27. The van der Waals surface area contributed by atoms with E-state index in [1.54, 1.807) is 24.3 Å². The van der Waals surface area contributed by atoms with Crippen LogP contribution in [0.2, 0.25) is 5.02 Å². The van der Waals surface area contributed by atoms with E-state index in [9.17, 15) is 8.42 Å². The lowest BCUT2D eigenvalue weighted by molar-refractivity contribution is 0.596. The first-order valence-electron chi connectivity index (χ1n) is 3.76. The zero-order valence-electron chi connectivity index (χ0n) is 7.44. The van der Waals surface area contributed by atoms with Gasteiger partial charge in [-0.2, -0.15) is 0 Å². The lowest BCUT2D eigenvalue weighted by Gasteiger charge is -2.02. The second-order valence-electron chi connectivity index (χ2n) is 2.86. The van der Waals surface area contributed by atoms with Crippen LogP contribution >= 0.6 is 11.6 Å². The van der Waals surface area contributed by atoms with Crippen molar-refractivity contribution in [3.8, 4) is 0 Å². The third-order valence-electron chi connectivity index (χ3n) is 1.68. The van der Waals surface area contributed by atoms with E-state index < -0.39 is 15.2 Å². The summed E-state index contributed by atoms with van der Waals surface area (Å²) in [5.74, 6) is 0. The molecule has 0 aliphatic heterocycles. The molecule has 0 saturated heterocycles. The Labute approximate surface area is 88.1 Å². The molecule has 0 heterocycles. The molecule has 1 aromatic carbocycles. The molecule has 0 amide bonds. The van der Waals surface area contributed by atoms with Crippen LogP contribution < -0.4 is 0 Å². The molecule has 1 rings (SSSR count). The van der Waals surface area contributed by atoms with Crippen molar-refractivity contribution in [3.05, 3.63) is 46.3 Å². The van der Waals surface area contributed by atoms with Crippen LogP contribution in [-0.4, -0.2) is 14.7 Å². The van der Waals surface area contributed by atoms with E-state index in [0.717, 1.165) is 6.26 Å². The van der Waals surface area contributed by atoms with Gasteiger partial charge < -0.3 is 0 Å². The van der Waals surface area contributed by atoms with Gasteiger partial charge in [-0.1, -0.05) is 11.6 Å². The van der Waals surface area contributed by atoms with Gasteiger partial charge in [0.25, 0.3) is 0 Å². The molecule has 14 heavy (non-hydrogen) atoms. The normalized spacial score (nSPS) is 13.2. The summed E-state index contributed by atoms with van der Waals surface area (Å²) in [6, 6.07) is 6.23. The van der Waals surface area contributed by atoms with Crippen molar-refractivity contribution in [1.29, 1.82) is 0 Å². The molecule has 0 saturated carbocycles. The van der Waals surface area contributed by atoms with Gasteiger partial charge in [-0.05, 0) is 24.3 Å². The lowest BCUT2D eigenvalue weighted by atomic mass is 10.2. The Morgan fingerprint density at radius 2 is 1.86 bits per heavy atom. The Kier molecular flexibility index (Phi) is 3.14. The molecular weight excluding hydrogens is 222 g/mol. The van der Waals surface area contributed by atoms with Gasteiger partial charge in [0.1, 0.15) is 0 Å². The largest absolute Gasteiger partial charge is 0.345 e. The van der Waals surface area contributed by atoms with Gasteiger partial charge in [0.2, 0.25) is 9.84 Å². The lowest BCUT2D eigenvalue weighted by Crippen LogP contribution is -2.07. The highest BCUT2D eigenvalue weighted by Crippen LogP contribution is 2.24. The monoisotopic (exact) mass is 229 g/mol. The highest BCUT2D eigenvalue weighted by molar-refractivity contribution is 7.91. The standard InChI is InChI=1S/C9H8ClNO2S/c1-11-9(14(2,12)13)7-3-5-8(10)6-4-7/h3-6,9H,2H3. The molecule has 1 aromatic rings. The van der Waals surface area contributed by atoms with Gasteiger partial charge in [-0.25, -0.2) is 15.0 Å². The maximum atomic E-state index is 11.2. The molecule has 5 heteroatoms. The Morgan fingerprint density at radius 3 is 2.21 bits per heavy atom. The van der Waals surface area contributed by atoms with Gasteiger partial charge in [-0.15, -0.1) is 0 Å². The van der Waals surface area contributed by atoms with E-state index in [0.29, 0.717) is 10.6 Å². The molecule has 0 fully saturated rings. The van der Waals surface area contributed by atoms with Crippen LogP contribution in [0.15, 0.2) is 24.3 Å². The Hall–Kier alpha value is -1.05. The number of hydrogen-bond donors (Lipinski definition) is 0. The van der Waals surface area contributed by atoms with Crippen LogP contribution in [0.5, 0.6) is 0 Å². The van der Waals surface area contributed by atoms with Crippen LogP contribution in [0.4, 0.5) is 0 Å². The van der Waals surface area contributed by atoms with Gasteiger partial charge in [0, 0.05) is 16.8 Å². The minimum Gasteiger partial charge on any atom is -0.291 e. The van der Waals surface area contributed by atoms with Crippen LogP contribution in [0, 0.1) is 6.57 Å². The number of nitrogens with zero attached hydrogens (tertiary/aromatic N) is 1. The summed E-state index contributed by atoms with van der Waals surface area (Å²) in [6.07, 6.45) is 1.05. The quantitative estimate of drug-likeness (QED) is 0.730. The first-order valence-corrected chi connectivity index (χ1v) is 6.09. The Morgan fingerprint density at radius 1 is 1.36 bits per heavy atom. The highest BCUT2D eigenvalue weighted by atomic mass is 35.5. The third-order valence-corrected chi connectivity index (χ3v) is 3.12. The van der Waals surface area contributed by atoms with Crippen molar-refractivity contribution in [2.75, 3.05) is 6.26 Å². The SMILES string of the molecule is [C-]#[N+]C(c1ccc(Cl)cc1)S(C)(=O)=O. The van der Waals surface area contributed by atoms with E-state index in [-0.39, 0.29) is 0 Å². The molecule has 74 valence electrons. The fourth-order valence-corrected chi connectivity index (χ4v) is 2.01. The Balaban J connectivity index is 3.17. The van der Waals surface area contributed by atoms with Gasteiger partial charge in [0.05, 0.1) is 0 Å². The number of sulfone groups is 1. The summed E-state index contributed by atoms with van der Waals surface area (Å²) in [5, 5.41) is -0.606. The molecule has 3 nitrogen and oxygen atoms in total. The van der Waals surface area contributed by atoms with E-state index in [4.69, 9.17) is 18.2 Å². The van der Waals surface area contributed by atoms with E-state index >= 15 is 0 Å². The summed E-state index contributed by atoms with van der Waals surface area (Å²) in [7, 11) is -3.38. The molecular formula is C9H8ClNO2S. The maximum absolute atomic E-state index is 11.2. The zero-order valence-corrected chi connectivity index (χ0v) is 9.01. The molecule has 0 spiro atoms. The van der Waals surface area contributed by atoms with Crippen molar-refractivity contribution in [2.24, 2.45) is 0 Å². The van der Waals surface area contributed by atoms with Gasteiger partial charge in [-0.3, -0.25) is 4.85 Å². The van der Waals surface area contributed by atoms with Crippen molar-refractivity contribution in [2.45, 2.75) is 5.37 Å². The van der Waals surface area contributed by atoms with Crippen molar-refractivity contribution in [3.63, 3.8) is 0 Å². The molecule has 0 aliphatic rings. The van der Waals surface area contributed by atoms with Crippen molar-refractivity contribution < 1.29 is 8.42 Å². The summed E-state index contributed by atoms with van der Waals surface area (Å²) in [6.45, 7) is 6.82.